The van der Waals surface area contributed by atoms with Gasteiger partial charge in [0, 0.05) is 5.69 Å². The molecule has 0 aliphatic carbocycles. The van der Waals surface area contributed by atoms with E-state index in [1.807, 2.05) is 6.92 Å². The van der Waals surface area contributed by atoms with E-state index in [4.69, 9.17) is 16.9 Å². The SMILES string of the molecule is Cc1ccc(C#N)cc1Nc1ncc(Cl)c(Nc2cccc(F)c2NS(C)(=O)=O)n1. The Kier molecular flexibility index (Phi) is 6.05. The van der Waals surface area contributed by atoms with Gasteiger partial charge >= 0.3 is 0 Å². The predicted octanol–water partition coefficient (Wildman–Crippen LogP) is 4.31. The van der Waals surface area contributed by atoms with Crippen molar-refractivity contribution in [2.24, 2.45) is 0 Å². The van der Waals surface area contributed by atoms with Crippen LogP contribution in [0.5, 0.6) is 0 Å². The number of nitriles is 1. The molecule has 0 aliphatic heterocycles. The van der Waals surface area contributed by atoms with Crippen LogP contribution >= 0.6 is 11.6 Å². The number of nitrogens with one attached hydrogen (secondary N) is 3. The Balaban J connectivity index is 1.94. The summed E-state index contributed by atoms with van der Waals surface area (Å²) in [5.74, 6) is -0.461. The Hall–Kier alpha value is -3.42. The molecule has 1 heterocycles. The third-order valence-corrected chi connectivity index (χ3v) is 4.76. The average Bonchev–Trinajstić information content (AvgIpc) is 2.68. The molecule has 0 amide bonds. The van der Waals surface area contributed by atoms with Crippen LogP contribution in [0, 0.1) is 24.1 Å². The number of halogens is 2. The van der Waals surface area contributed by atoms with Gasteiger partial charge in [0.1, 0.15) is 16.5 Å². The van der Waals surface area contributed by atoms with Crippen LogP contribution < -0.4 is 15.4 Å². The molecule has 0 fully saturated rings. The Bertz CT molecular complexity index is 1260. The minimum Gasteiger partial charge on any atom is -0.337 e. The van der Waals surface area contributed by atoms with Gasteiger partial charge < -0.3 is 10.6 Å². The summed E-state index contributed by atoms with van der Waals surface area (Å²) in [6, 6.07) is 11.2. The van der Waals surface area contributed by atoms with Crippen LogP contribution in [0.4, 0.5) is 33.2 Å². The summed E-state index contributed by atoms with van der Waals surface area (Å²) >= 11 is 6.16. The maximum absolute atomic E-state index is 14.2. The molecular formula is C19H16ClFN6O2S. The van der Waals surface area contributed by atoms with Crippen LogP contribution in [0.1, 0.15) is 11.1 Å². The molecule has 0 saturated carbocycles. The van der Waals surface area contributed by atoms with Crippen molar-refractivity contribution in [3.63, 3.8) is 0 Å². The molecule has 0 bridgehead atoms. The lowest BCUT2D eigenvalue weighted by molar-refractivity contribution is 0.604. The molecule has 154 valence electrons. The van der Waals surface area contributed by atoms with Gasteiger partial charge in [0.05, 0.1) is 29.8 Å². The standard InChI is InChI=1S/C19H16ClFN6O2S/c1-11-6-7-12(9-22)8-16(11)25-19-23-10-13(20)18(26-19)24-15-5-3-4-14(21)17(15)27-30(2,28)29/h3-8,10,27H,1-2H3,(H2,23,24,25,26). The number of benzene rings is 2. The van der Waals surface area contributed by atoms with Gasteiger partial charge in [-0.3, -0.25) is 4.72 Å². The normalized spacial score (nSPS) is 10.9. The smallest absolute Gasteiger partial charge is 0.229 e. The van der Waals surface area contributed by atoms with E-state index in [0.29, 0.717) is 11.3 Å². The van der Waals surface area contributed by atoms with Crippen LogP contribution in [0.2, 0.25) is 5.02 Å². The molecule has 8 nitrogen and oxygen atoms in total. The fourth-order valence-electron chi connectivity index (χ4n) is 2.51. The largest absolute Gasteiger partial charge is 0.337 e. The molecule has 0 saturated heterocycles. The molecule has 2 aromatic carbocycles. The van der Waals surface area contributed by atoms with E-state index in [-0.39, 0.29) is 28.2 Å². The summed E-state index contributed by atoms with van der Waals surface area (Å²) in [5.41, 5.74) is 1.82. The second kappa shape index (κ2) is 8.52. The first kappa shape index (κ1) is 21.3. The number of aryl methyl sites for hydroxylation is 1. The third-order valence-electron chi connectivity index (χ3n) is 3.91. The van der Waals surface area contributed by atoms with Crippen molar-refractivity contribution in [3.8, 4) is 6.07 Å². The van der Waals surface area contributed by atoms with Gasteiger partial charge in [-0.1, -0.05) is 23.7 Å². The quantitative estimate of drug-likeness (QED) is 0.516. The lowest BCUT2D eigenvalue weighted by Gasteiger charge is -2.15. The molecular weight excluding hydrogens is 431 g/mol. The van der Waals surface area contributed by atoms with E-state index in [9.17, 15) is 12.8 Å². The number of hydrogen-bond donors (Lipinski definition) is 3. The minimum absolute atomic E-state index is 0.120. The van der Waals surface area contributed by atoms with Crippen LogP contribution in [-0.2, 0) is 10.0 Å². The summed E-state index contributed by atoms with van der Waals surface area (Å²) in [5, 5.41) is 15.0. The third kappa shape index (κ3) is 5.14. The zero-order valence-electron chi connectivity index (χ0n) is 15.9. The predicted molar refractivity (Wildman–Crippen MR) is 114 cm³/mol. The maximum atomic E-state index is 14.2. The molecule has 0 atom stereocenters. The first-order chi connectivity index (χ1) is 14.2. The van der Waals surface area contributed by atoms with Crippen molar-refractivity contribution < 1.29 is 12.8 Å². The highest BCUT2D eigenvalue weighted by molar-refractivity contribution is 7.92. The van der Waals surface area contributed by atoms with Crippen molar-refractivity contribution in [3.05, 3.63) is 64.6 Å². The van der Waals surface area contributed by atoms with Crippen molar-refractivity contribution in [2.45, 2.75) is 6.92 Å². The summed E-state index contributed by atoms with van der Waals surface area (Å²) in [6.07, 6.45) is 2.26. The minimum atomic E-state index is -3.72. The Morgan fingerprint density at radius 3 is 2.63 bits per heavy atom. The average molecular weight is 447 g/mol. The zero-order chi connectivity index (χ0) is 21.9. The van der Waals surface area contributed by atoms with Crippen molar-refractivity contribution in [1.82, 2.24) is 9.97 Å². The number of nitrogens with zero attached hydrogens (tertiary/aromatic N) is 3. The Morgan fingerprint density at radius 1 is 1.17 bits per heavy atom. The van der Waals surface area contributed by atoms with Crippen LogP contribution in [-0.4, -0.2) is 24.6 Å². The van der Waals surface area contributed by atoms with Gasteiger partial charge in [-0.05, 0) is 36.8 Å². The first-order valence-electron chi connectivity index (χ1n) is 8.50. The molecule has 3 N–H and O–H groups in total. The molecule has 11 heteroatoms. The van der Waals surface area contributed by atoms with Crippen molar-refractivity contribution in [1.29, 1.82) is 5.26 Å². The van der Waals surface area contributed by atoms with E-state index < -0.39 is 15.8 Å². The number of hydrogen-bond acceptors (Lipinski definition) is 7. The lowest BCUT2D eigenvalue weighted by Crippen LogP contribution is -2.13. The van der Waals surface area contributed by atoms with Gasteiger partial charge in [0.25, 0.3) is 0 Å². The summed E-state index contributed by atoms with van der Waals surface area (Å²) in [7, 11) is -3.72. The molecule has 0 aliphatic rings. The van der Waals surface area contributed by atoms with Crippen LogP contribution in [0.25, 0.3) is 0 Å². The Labute approximate surface area is 177 Å². The van der Waals surface area contributed by atoms with Crippen molar-refractivity contribution >= 4 is 50.5 Å². The highest BCUT2D eigenvalue weighted by atomic mass is 35.5. The second-order valence-corrected chi connectivity index (χ2v) is 8.47. The van der Waals surface area contributed by atoms with E-state index in [1.165, 1.54) is 18.3 Å². The van der Waals surface area contributed by atoms with E-state index in [1.54, 1.807) is 18.2 Å². The Morgan fingerprint density at radius 2 is 1.93 bits per heavy atom. The van der Waals surface area contributed by atoms with E-state index in [2.05, 4.69) is 31.4 Å². The number of anilines is 5. The number of sulfonamides is 1. The molecule has 0 unspecified atom stereocenters. The zero-order valence-corrected chi connectivity index (χ0v) is 17.4. The van der Waals surface area contributed by atoms with E-state index in [0.717, 1.165) is 17.9 Å². The van der Waals surface area contributed by atoms with Crippen LogP contribution in [0.3, 0.4) is 0 Å². The topological polar surface area (TPSA) is 120 Å². The highest BCUT2D eigenvalue weighted by Crippen LogP contribution is 2.31. The van der Waals surface area contributed by atoms with Gasteiger partial charge in [0.2, 0.25) is 16.0 Å². The fraction of sp³-hybridized carbons (Fsp3) is 0.105. The molecule has 3 aromatic rings. The molecule has 0 radical (unpaired) electrons. The fourth-order valence-corrected chi connectivity index (χ4v) is 3.22. The lowest BCUT2D eigenvalue weighted by atomic mass is 10.1. The molecule has 30 heavy (non-hydrogen) atoms. The maximum Gasteiger partial charge on any atom is 0.229 e. The summed E-state index contributed by atoms with van der Waals surface area (Å²) in [4.78, 5) is 8.39. The van der Waals surface area contributed by atoms with E-state index >= 15 is 0 Å². The first-order valence-corrected chi connectivity index (χ1v) is 10.8. The number of rotatable bonds is 6. The number of aromatic nitrogens is 2. The van der Waals surface area contributed by atoms with Crippen molar-refractivity contribution in [2.75, 3.05) is 21.6 Å². The van der Waals surface area contributed by atoms with Gasteiger partial charge in [0.15, 0.2) is 5.82 Å². The monoisotopic (exact) mass is 446 g/mol. The summed E-state index contributed by atoms with van der Waals surface area (Å²) < 4.78 is 39.5. The molecule has 1 aromatic heterocycles. The van der Waals surface area contributed by atoms with Gasteiger partial charge in [-0.2, -0.15) is 10.2 Å². The number of para-hydroxylation sites is 1. The summed E-state index contributed by atoms with van der Waals surface area (Å²) in [6.45, 7) is 1.86. The van der Waals surface area contributed by atoms with Gasteiger partial charge in [-0.25, -0.2) is 17.8 Å². The van der Waals surface area contributed by atoms with Crippen LogP contribution in [0.15, 0.2) is 42.6 Å². The highest BCUT2D eigenvalue weighted by Gasteiger charge is 2.15. The molecule has 3 rings (SSSR count). The second-order valence-electron chi connectivity index (χ2n) is 6.32. The molecule has 0 spiro atoms. The van der Waals surface area contributed by atoms with Gasteiger partial charge in [-0.15, -0.1) is 0 Å².